The maximum Gasteiger partial charge on any atom is 0.243 e. The number of unbranched alkanes of at least 4 members (excludes halogenated alkanes) is 1. The highest BCUT2D eigenvalue weighted by atomic mass is 32.2. The van der Waals surface area contributed by atoms with Crippen molar-refractivity contribution >= 4 is 20.0 Å². The van der Waals surface area contributed by atoms with E-state index < -0.39 is 20.0 Å². The molecule has 0 atom stereocenters. The van der Waals surface area contributed by atoms with Crippen molar-refractivity contribution in [2.75, 3.05) is 32.4 Å². The summed E-state index contributed by atoms with van der Waals surface area (Å²) < 4.78 is 51.6. The van der Waals surface area contributed by atoms with Crippen LogP contribution in [-0.2, 0) is 26.5 Å². The van der Waals surface area contributed by atoms with Gasteiger partial charge in [-0.3, -0.25) is 0 Å². The van der Waals surface area contributed by atoms with Crippen molar-refractivity contribution in [1.29, 1.82) is 0 Å². The molecule has 6 nitrogen and oxygen atoms in total. The maximum absolute atomic E-state index is 12.8. The first-order chi connectivity index (χ1) is 11.2. The van der Waals surface area contributed by atoms with Gasteiger partial charge in [0.05, 0.1) is 11.2 Å². The number of nitrogens with zero attached hydrogens (tertiary/aromatic N) is 2. The lowest BCUT2D eigenvalue weighted by Gasteiger charge is -2.20. The summed E-state index contributed by atoms with van der Waals surface area (Å²) in [5.41, 5.74) is 1.13. The molecular formula is C16H26N2O4S2. The van der Waals surface area contributed by atoms with E-state index in [0.29, 0.717) is 19.5 Å². The molecule has 0 saturated carbocycles. The van der Waals surface area contributed by atoms with E-state index in [1.54, 1.807) is 12.1 Å². The van der Waals surface area contributed by atoms with Crippen molar-refractivity contribution in [3.8, 4) is 0 Å². The van der Waals surface area contributed by atoms with E-state index in [1.807, 2.05) is 12.1 Å². The Kier molecular flexibility index (Phi) is 6.41. The molecule has 1 heterocycles. The third-order valence-corrected chi connectivity index (χ3v) is 7.48. The van der Waals surface area contributed by atoms with Gasteiger partial charge in [-0.05, 0) is 37.0 Å². The summed E-state index contributed by atoms with van der Waals surface area (Å²) in [6.07, 6.45) is 4.79. The van der Waals surface area contributed by atoms with Crippen LogP contribution in [0.5, 0.6) is 0 Å². The minimum atomic E-state index is -3.58. The summed E-state index contributed by atoms with van der Waals surface area (Å²) in [4.78, 5) is 0.274. The highest BCUT2D eigenvalue weighted by Crippen LogP contribution is 2.19. The lowest BCUT2D eigenvalue weighted by Crippen LogP contribution is -2.36. The molecule has 1 aromatic carbocycles. The van der Waals surface area contributed by atoms with E-state index >= 15 is 0 Å². The number of hydrogen-bond acceptors (Lipinski definition) is 4. The van der Waals surface area contributed by atoms with Gasteiger partial charge in [0.25, 0.3) is 0 Å². The van der Waals surface area contributed by atoms with Crippen molar-refractivity contribution in [2.24, 2.45) is 0 Å². The number of aryl methyl sites for hydroxylation is 1. The van der Waals surface area contributed by atoms with Gasteiger partial charge >= 0.3 is 0 Å². The molecule has 1 saturated heterocycles. The normalized spacial score (nSPS) is 18.4. The molecule has 0 unspecified atom stereocenters. The van der Waals surface area contributed by atoms with Crippen molar-refractivity contribution in [2.45, 2.75) is 37.5 Å². The molecule has 0 N–H and O–H groups in total. The Morgan fingerprint density at radius 2 is 1.50 bits per heavy atom. The summed E-state index contributed by atoms with van der Waals surface area (Å²) >= 11 is 0. The van der Waals surface area contributed by atoms with E-state index in [0.717, 1.165) is 31.1 Å². The van der Waals surface area contributed by atoms with Gasteiger partial charge in [-0.2, -0.15) is 4.31 Å². The van der Waals surface area contributed by atoms with Crippen molar-refractivity contribution in [3.63, 3.8) is 0 Å². The first-order valence-corrected chi connectivity index (χ1v) is 11.6. The molecule has 1 aliphatic heterocycles. The molecule has 0 bridgehead atoms. The Hall–Kier alpha value is -0.960. The Bertz CT molecular complexity index is 743. The predicted octanol–water partition coefficient (Wildman–Crippen LogP) is 1.69. The van der Waals surface area contributed by atoms with E-state index in [1.165, 1.54) is 8.61 Å². The van der Waals surface area contributed by atoms with Crippen LogP contribution in [0.3, 0.4) is 0 Å². The molecule has 0 radical (unpaired) electrons. The van der Waals surface area contributed by atoms with Gasteiger partial charge in [0.15, 0.2) is 0 Å². The van der Waals surface area contributed by atoms with Crippen LogP contribution < -0.4 is 0 Å². The van der Waals surface area contributed by atoms with Gasteiger partial charge in [-0.25, -0.2) is 21.1 Å². The van der Waals surface area contributed by atoms with Gasteiger partial charge in [0, 0.05) is 26.2 Å². The average molecular weight is 375 g/mol. The van der Waals surface area contributed by atoms with Crippen LogP contribution in [0.2, 0.25) is 0 Å². The van der Waals surface area contributed by atoms with E-state index in [-0.39, 0.29) is 18.0 Å². The molecule has 0 aromatic heterocycles. The molecular weight excluding hydrogens is 348 g/mol. The molecule has 0 aliphatic carbocycles. The Morgan fingerprint density at radius 3 is 2.08 bits per heavy atom. The Morgan fingerprint density at radius 1 is 0.917 bits per heavy atom. The highest BCUT2D eigenvalue weighted by Gasteiger charge is 2.29. The van der Waals surface area contributed by atoms with Crippen LogP contribution in [0.25, 0.3) is 0 Å². The number of benzene rings is 1. The third kappa shape index (κ3) is 4.78. The van der Waals surface area contributed by atoms with Crippen LogP contribution in [0.1, 0.15) is 31.7 Å². The largest absolute Gasteiger partial charge is 0.243 e. The first kappa shape index (κ1) is 19.4. The third-order valence-electron chi connectivity index (χ3n) is 4.26. The zero-order valence-electron chi connectivity index (χ0n) is 14.3. The molecule has 1 fully saturated rings. The fourth-order valence-electron chi connectivity index (χ4n) is 2.80. The minimum absolute atomic E-state index is 0.187. The van der Waals surface area contributed by atoms with Crippen LogP contribution in [-0.4, -0.2) is 57.9 Å². The SMILES string of the molecule is CCCCc1ccc(S(=O)(=O)N2CCCN(S(C)(=O)=O)CC2)cc1. The van der Waals surface area contributed by atoms with Crippen LogP contribution in [0.4, 0.5) is 0 Å². The van der Waals surface area contributed by atoms with Crippen LogP contribution >= 0.6 is 0 Å². The van der Waals surface area contributed by atoms with E-state index in [2.05, 4.69) is 6.92 Å². The molecule has 136 valence electrons. The summed E-state index contributed by atoms with van der Waals surface area (Å²) in [5.74, 6) is 0. The second-order valence-corrected chi connectivity index (χ2v) is 10.1. The molecule has 24 heavy (non-hydrogen) atoms. The fourth-order valence-corrected chi connectivity index (χ4v) is 5.14. The van der Waals surface area contributed by atoms with Gasteiger partial charge in [0.2, 0.25) is 20.0 Å². The smallest absolute Gasteiger partial charge is 0.213 e. The van der Waals surface area contributed by atoms with Gasteiger partial charge < -0.3 is 0 Å². The van der Waals surface area contributed by atoms with E-state index in [9.17, 15) is 16.8 Å². The predicted molar refractivity (Wildman–Crippen MR) is 94.8 cm³/mol. The van der Waals surface area contributed by atoms with Crippen LogP contribution in [0.15, 0.2) is 29.2 Å². The summed E-state index contributed by atoms with van der Waals surface area (Å²) in [6.45, 7) is 3.21. The van der Waals surface area contributed by atoms with Gasteiger partial charge in [0.1, 0.15) is 0 Å². The Labute approximate surface area is 145 Å². The monoisotopic (exact) mass is 374 g/mol. The maximum atomic E-state index is 12.8. The number of rotatable bonds is 6. The van der Waals surface area contributed by atoms with Crippen molar-refractivity contribution < 1.29 is 16.8 Å². The molecule has 8 heteroatoms. The lowest BCUT2D eigenvalue weighted by molar-refractivity contribution is 0.406. The number of sulfonamides is 2. The van der Waals surface area contributed by atoms with Gasteiger partial charge in [-0.15, -0.1) is 0 Å². The van der Waals surface area contributed by atoms with Gasteiger partial charge in [-0.1, -0.05) is 25.5 Å². The Balaban J connectivity index is 2.12. The summed E-state index contributed by atoms with van der Waals surface area (Å²) in [5, 5.41) is 0. The topological polar surface area (TPSA) is 74.8 Å². The highest BCUT2D eigenvalue weighted by molar-refractivity contribution is 7.89. The van der Waals surface area contributed by atoms with Crippen LogP contribution in [0, 0.1) is 0 Å². The first-order valence-electron chi connectivity index (χ1n) is 8.29. The quantitative estimate of drug-likeness (QED) is 0.759. The molecule has 1 aromatic rings. The zero-order valence-corrected chi connectivity index (χ0v) is 15.9. The molecule has 1 aliphatic rings. The second kappa shape index (κ2) is 7.95. The molecule has 0 amide bonds. The minimum Gasteiger partial charge on any atom is -0.213 e. The number of hydrogen-bond donors (Lipinski definition) is 0. The molecule has 0 spiro atoms. The molecule has 2 rings (SSSR count). The zero-order chi connectivity index (χ0) is 17.8. The second-order valence-electron chi connectivity index (χ2n) is 6.17. The van der Waals surface area contributed by atoms with Crippen molar-refractivity contribution in [1.82, 2.24) is 8.61 Å². The average Bonchev–Trinajstić information content (AvgIpc) is 2.79. The standard InChI is InChI=1S/C16H26N2O4S2/c1-3-4-6-15-7-9-16(10-8-15)24(21,22)18-12-5-11-17(13-14-18)23(2,19)20/h7-10H,3-6,11-14H2,1-2H3. The van der Waals surface area contributed by atoms with E-state index in [4.69, 9.17) is 0 Å². The lowest BCUT2D eigenvalue weighted by atomic mass is 10.1. The summed E-state index contributed by atoms with van der Waals surface area (Å²) in [7, 11) is -6.87. The van der Waals surface area contributed by atoms with Crippen molar-refractivity contribution in [3.05, 3.63) is 29.8 Å². The fraction of sp³-hybridized carbons (Fsp3) is 0.625. The summed E-state index contributed by atoms with van der Waals surface area (Å²) in [6, 6.07) is 7.03.